The first kappa shape index (κ1) is 27.8. The van der Waals surface area contributed by atoms with E-state index in [4.69, 9.17) is 4.74 Å². The molecule has 0 spiro atoms. The van der Waals surface area contributed by atoms with Crippen LogP contribution in [0.4, 0.5) is 11.4 Å². The largest absolute Gasteiger partial charge is 0.496 e. The highest BCUT2D eigenvalue weighted by molar-refractivity contribution is 8.16. The number of carbonyl (C=O) groups is 1. The Hall–Kier alpha value is -3.30. The lowest BCUT2D eigenvalue weighted by Crippen LogP contribution is -2.38. The predicted molar refractivity (Wildman–Crippen MR) is 167 cm³/mol. The smallest absolute Gasteiger partial charge is 0.252 e. The monoisotopic (exact) mass is 589 g/mol. The van der Waals surface area contributed by atoms with Gasteiger partial charge in [-0.05, 0) is 61.1 Å². The number of amides is 1. The molecule has 0 radical (unpaired) electrons. The van der Waals surface area contributed by atoms with Crippen LogP contribution < -0.4 is 14.5 Å². The van der Waals surface area contributed by atoms with Gasteiger partial charge in [0.25, 0.3) is 5.91 Å². The highest BCUT2D eigenvalue weighted by atomic mass is 32.2. The van der Waals surface area contributed by atoms with Crippen molar-refractivity contribution < 1.29 is 17.9 Å². The van der Waals surface area contributed by atoms with Crippen LogP contribution in [0.1, 0.15) is 24.0 Å². The van der Waals surface area contributed by atoms with Gasteiger partial charge in [-0.1, -0.05) is 60.3 Å². The minimum Gasteiger partial charge on any atom is -0.496 e. The molecule has 7 nitrogen and oxygen atoms in total. The molecule has 3 aliphatic heterocycles. The van der Waals surface area contributed by atoms with Crippen LogP contribution in [0, 0.1) is 5.92 Å². The molecule has 3 saturated heterocycles. The lowest BCUT2D eigenvalue weighted by Gasteiger charge is -2.34. The third-order valence-corrected chi connectivity index (χ3v) is 11.5. The number of hydrogen-bond donors (Lipinski definition) is 0. The number of para-hydroxylation sites is 1. The summed E-state index contributed by atoms with van der Waals surface area (Å²) in [5.74, 6) is 1.25. The molecule has 0 bridgehead atoms. The zero-order valence-electron chi connectivity index (χ0n) is 23.2. The van der Waals surface area contributed by atoms with Crippen LogP contribution in [0.5, 0.6) is 5.75 Å². The third kappa shape index (κ3) is 6.31. The zero-order valence-corrected chi connectivity index (χ0v) is 24.8. The van der Waals surface area contributed by atoms with Gasteiger partial charge in [0.1, 0.15) is 5.75 Å². The molecule has 2 atom stereocenters. The van der Waals surface area contributed by atoms with Crippen LogP contribution in [-0.4, -0.2) is 62.5 Å². The number of amidine groups is 1. The van der Waals surface area contributed by atoms with Crippen LogP contribution in [-0.2, 0) is 27.5 Å². The van der Waals surface area contributed by atoms with Gasteiger partial charge >= 0.3 is 0 Å². The van der Waals surface area contributed by atoms with Crippen molar-refractivity contribution in [1.82, 2.24) is 0 Å². The number of piperidine rings is 1. The Kier molecular flexibility index (Phi) is 8.08. The fourth-order valence-corrected chi connectivity index (χ4v) is 10.1. The maximum atomic E-state index is 13.1. The molecule has 3 aliphatic rings. The summed E-state index contributed by atoms with van der Waals surface area (Å²) in [6.45, 7) is 2.03. The number of anilines is 2. The van der Waals surface area contributed by atoms with E-state index in [1.807, 2.05) is 41.3 Å². The number of sulfone groups is 1. The first-order chi connectivity index (χ1) is 19.9. The molecule has 3 aromatic carbocycles. The van der Waals surface area contributed by atoms with E-state index in [2.05, 4.69) is 52.4 Å². The van der Waals surface area contributed by atoms with E-state index in [-0.39, 0.29) is 35.1 Å². The quantitative estimate of drug-likeness (QED) is 0.384. The summed E-state index contributed by atoms with van der Waals surface area (Å²) in [6, 6.07) is 26.2. The second-order valence-corrected chi connectivity index (χ2v) is 14.4. The molecule has 0 aromatic heterocycles. The van der Waals surface area contributed by atoms with Crippen molar-refractivity contribution in [3.8, 4) is 5.75 Å². The van der Waals surface area contributed by atoms with Crippen molar-refractivity contribution in [1.29, 1.82) is 0 Å². The Morgan fingerprint density at radius 1 is 0.927 bits per heavy atom. The Bertz CT molecular complexity index is 1520. The molecule has 3 heterocycles. The van der Waals surface area contributed by atoms with Crippen molar-refractivity contribution in [3.05, 3.63) is 90.0 Å². The first-order valence-electron chi connectivity index (χ1n) is 14.2. The highest BCUT2D eigenvalue weighted by Gasteiger charge is 2.49. The number of hydrogen-bond acceptors (Lipinski definition) is 6. The van der Waals surface area contributed by atoms with Gasteiger partial charge in [0.2, 0.25) is 0 Å². The van der Waals surface area contributed by atoms with Gasteiger partial charge in [0.05, 0.1) is 31.1 Å². The summed E-state index contributed by atoms with van der Waals surface area (Å²) >= 11 is 1.40. The van der Waals surface area contributed by atoms with E-state index in [0.717, 1.165) is 43.6 Å². The highest BCUT2D eigenvalue weighted by Crippen LogP contribution is 2.41. The average molecular weight is 590 g/mol. The van der Waals surface area contributed by atoms with Crippen LogP contribution in [0.3, 0.4) is 0 Å². The molecule has 3 aromatic rings. The van der Waals surface area contributed by atoms with E-state index in [0.29, 0.717) is 16.8 Å². The lowest BCUT2D eigenvalue weighted by atomic mass is 9.90. The standard InChI is InChI=1S/C32H35N3O4S2/c1-39-29-10-6-5-9-25(29)20-31(36)33-32-35(28-21-41(37,38)22-30(28)40-32)27-13-11-26(12-14-27)34-17-15-24(16-18-34)19-23-7-3-2-4-8-23/h2-14,24,28,30H,15-22H2,1H3/t28-,30-/m0/s1. The number of methoxy groups -OCH3 is 1. The summed E-state index contributed by atoms with van der Waals surface area (Å²) in [7, 11) is -1.55. The van der Waals surface area contributed by atoms with Crippen molar-refractivity contribution in [2.24, 2.45) is 10.9 Å². The Morgan fingerprint density at radius 3 is 2.34 bits per heavy atom. The third-order valence-electron chi connectivity index (χ3n) is 8.30. The van der Waals surface area contributed by atoms with Crippen LogP contribution >= 0.6 is 11.8 Å². The molecule has 0 N–H and O–H groups in total. The van der Waals surface area contributed by atoms with Gasteiger partial charge in [-0.3, -0.25) is 4.79 Å². The maximum absolute atomic E-state index is 13.1. The number of nitrogens with zero attached hydrogens (tertiary/aromatic N) is 3. The van der Waals surface area contributed by atoms with Gasteiger partial charge in [-0.15, -0.1) is 0 Å². The van der Waals surface area contributed by atoms with Crippen LogP contribution in [0.25, 0.3) is 0 Å². The SMILES string of the molecule is COc1ccccc1CC(=O)N=C1S[C@H]2CS(=O)(=O)C[C@@H]2N1c1ccc(N2CCC(Cc3ccccc3)CC2)cc1. The van der Waals surface area contributed by atoms with Gasteiger partial charge < -0.3 is 14.5 Å². The van der Waals surface area contributed by atoms with Crippen LogP contribution in [0.15, 0.2) is 83.9 Å². The molecule has 1 amide bonds. The number of benzene rings is 3. The fourth-order valence-electron chi connectivity index (χ4n) is 6.19. The van der Waals surface area contributed by atoms with E-state index in [9.17, 15) is 13.2 Å². The van der Waals surface area contributed by atoms with Gasteiger partial charge in [0.15, 0.2) is 15.0 Å². The number of carbonyl (C=O) groups excluding carboxylic acids is 1. The number of fused-ring (bicyclic) bond motifs is 1. The van der Waals surface area contributed by atoms with E-state index >= 15 is 0 Å². The summed E-state index contributed by atoms with van der Waals surface area (Å²) < 4.78 is 30.4. The van der Waals surface area contributed by atoms with Crippen LogP contribution in [0.2, 0.25) is 0 Å². The van der Waals surface area contributed by atoms with E-state index in [1.54, 1.807) is 7.11 Å². The Labute approximate surface area is 246 Å². The summed E-state index contributed by atoms with van der Waals surface area (Å²) in [4.78, 5) is 21.9. The molecule has 6 rings (SSSR count). The van der Waals surface area contributed by atoms with Gasteiger partial charge in [-0.25, -0.2) is 8.42 Å². The molecule has 3 fully saturated rings. The zero-order chi connectivity index (χ0) is 28.4. The summed E-state index contributed by atoms with van der Waals surface area (Å²) in [6.07, 6.45) is 3.57. The molecular weight excluding hydrogens is 555 g/mol. The molecule has 214 valence electrons. The molecule has 0 aliphatic carbocycles. The maximum Gasteiger partial charge on any atom is 0.252 e. The molecule has 0 saturated carbocycles. The van der Waals surface area contributed by atoms with Crippen molar-refractivity contribution in [3.63, 3.8) is 0 Å². The predicted octanol–water partition coefficient (Wildman–Crippen LogP) is 5.00. The molecule has 9 heteroatoms. The van der Waals surface area contributed by atoms with Crippen molar-refractivity contribution >= 4 is 44.0 Å². The number of rotatable bonds is 7. The second kappa shape index (κ2) is 11.9. The van der Waals surface area contributed by atoms with E-state index in [1.165, 1.54) is 23.0 Å². The minimum absolute atomic E-state index is 0.0705. The first-order valence-corrected chi connectivity index (χ1v) is 16.9. The summed E-state index contributed by atoms with van der Waals surface area (Å²) in [5.41, 5.74) is 4.22. The fraction of sp³-hybridized carbons (Fsp3) is 0.375. The second-order valence-electron chi connectivity index (χ2n) is 11.1. The number of thioether (sulfide) groups is 1. The van der Waals surface area contributed by atoms with Crippen molar-refractivity contribution in [2.45, 2.75) is 37.0 Å². The number of ether oxygens (including phenoxy) is 1. The molecule has 0 unspecified atom stereocenters. The lowest BCUT2D eigenvalue weighted by molar-refractivity contribution is -0.117. The topological polar surface area (TPSA) is 79.3 Å². The molecular formula is C32H35N3O4S2. The van der Waals surface area contributed by atoms with Gasteiger partial charge in [0, 0.05) is 35.3 Å². The number of aliphatic imine (C=N–C) groups is 1. The minimum atomic E-state index is -3.14. The van der Waals surface area contributed by atoms with E-state index < -0.39 is 9.84 Å². The Morgan fingerprint density at radius 2 is 1.61 bits per heavy atom. The van der Waals surface area contributed by atoms with Crippen molar-refractivity contribution in [2.75, 3.05) is 41.5 Å². The van der Waals surface area contributed by atoms with Gasteiger partial charge in [-0.2, -0.15) is 4.99 Å². The normalized spacial score (nSPS) is 23.1. The summed E-state index contributed by atoms with van der Waals surface area (Å²) in [5, 5.41) is 0.436. The Balaban J connectivity index is 1.17. The molecule has 41 heavy (non-hydrogen) atoms. The average Bonchev–Trinajstić information content (AvgIpc) is 3.44.